The number of amides is 1. The molecule has 0 bridgehead atoms. The molecular weight excluding hydrogens is 200 g/mol. The van der Waals surface area contributed by atoms with Gasteiger partial charge in [-0.05, 0) is 19.9 Å². The molecule has 0 aliphatic rings. The summed E-state index contributed by atoms with van der Waals surface area (Å²) in [5, 5.41) is 0.956. The molecule has 3 heteroatoms. The summed E-state index contributed by atoms with van der Waals surface area (Å²) in [7, 11) is 0. The van der Waals surface area contributed by atoms with Crippen LogP contribution in [-0.2, 0) is 0 Å². The molecule has 1 radical (unpaired) electrons. The van der Waals surface area contributed by atoms with Crippen LogP contribution >= 0.6 is 0 Å². The molecule has 2 rings (SSSR count). The molecule has 1 aromatic heterocycles. The Hall–Kier alpha value is -1.77. The van der Waals surface area contributed by atoms with Crippen molar-refractivity contribution in [2.24, 2.45) is 0 Å². The predicted octanol–water partition coefficient (Wildman–Crippen LogP) is 2.45. The van der Waals surface area contributed by atoms with E-state index in [1.54, 1.807) is 6.20 Å². The van der Waals surface area contributed by atoms with Crippen LogP contribution in [0.1, 0.15) is 24.2 Å². The molecule has 16 heavy (non-hydrogen) atoms. The summed E-state index contributed by atoms with van der Waals surface area (Å²) in [6, 6.07) is 8.76. The molecule has 2 aromatic rings. The van der Waals surface area contributed by atoms with E-state index >= 15 is 0 Å². The molecule has 0 atom stereocenters. The lowest BCUT2D eigenvalue weighted by molar-refractivity contribution is 0.0775. The first-order valence-corrected chi connectivity index (χ1v) is 5.55. The maximum Gasteiger partial charge on any atom is 0.255 e. The molecule has 1 amide bonds. The number of benzene rings is 1. The van der Waals surface area contributed by atoms with Crippen molar-refractivity contribution in [1.82, 2.24) is 9.88 Å². The molecule has 1 N–H and O–H groups in total. The van der Waals surface area contributed by atoms with Gasteiger partial charge >= 0.3 is 0 Å². The van der Waals surface area contributed by atoms with Gasteiger partial charge in [-0.3, -0.25) is 4.79 Å². The first kappa shape index (κ1) is 10.7. The normalized spacial score (nSPS) is 10.6. The number of rotatable bonds is 3. The fourth-order valence-electron chi connectivity index (χ4n) is 1.87. The van der Waals surface area contributed by atoms with Gasteiger partial charge in [-0.15, -0.1) is 0 Å². The summed E-state index contributed by atoms with van der Waals surface area (Å²) in [5.41, 5.74) is 1.60. The monoisotopic (exact) mass is 215 g/mol. The summed E-state index contributed by atoms with van der Waals surface area (Å²) in [6.07, 6.45) is 1.74. The zero-order valence-corrected chi connectivity index (χ0v) is 9.58. The Labute approximate surface area is 95.1 Å². The highest BCUT2D eigenvalue weighted by atomic mass is 16.2. The van der Waals surface area contributed by atoms with E-state index in [0.717, 1.165) is 29.6 Å². The van der Waals surface area contributed by atoms with E-state index in [-0.39, 0.29) is 5.91 Å². The number of aromatic amines is 1. The van der Waals surface area contributed by atoms with Crippen molar-refractivity contribution in [2.45, 2.75) is 13.8 Å². The molecule has 0 aliphatic carbocycles. The van der Waals surface area contributed by atoms with E-state index in [0.29, 0.717) is 0 Å². The molecule has 0 spiro atoms. The minimum atomic E-state index is 0.0754. The van der Waals surface area contributed by atoms with Gasteiger partial charge in [0.2, 0.25) is 0 Å². The summed E-state index contributed by atoms with van der Waals surface area (Å²) >= 11 is 0. The topological polar surface area (TPSA) is 36.1 Å². The SMILES string of the molecule is CCN(CC)C(=O)c1cccc2[c]c[nH]c12. The fourth-order valence-corrected chi connectivity index (χ4v) is 1.87. The van der Waals surface area contributed by atoms with Crippen LogP contribution in [0.2, 0.25) is 0 Å². The molecule has 0 aliphatic heterocycles. The lowest BCUT2D eigenvalue weighted by Crippen LogP contribution is -2.30. The van der Waals surface area contributed by atoms with E-state index in [2.05, 4.69) is 11.1 Å². The molecule has 0 saturated heterocycles. The first-order chi connectivity index (χ1) is 7.77. The van der Waals surface area contributed by atoms with Crippen molar-refractivity contribution >= 4 is 16.8 Å². The second-order valence-electron chi connectivity index (χ2n) is 3.64. The Morgan fingerprint density at radius 1 is 1.38 bits per heavy atom. The minimum Gasteiger partial charge on any atom is -0.360 e. The van der Waals surface area contributed by atoms with Gasteiger partial charge in [0, 0.05) is 30.7 Å². The van der Waals surface area contributed by atoms with Crippen molar-refractivity contribution in [1.29, 1.82) is 0 Å². The molecular formula is C13H15N2O. The number of aromatic nitrogens is 1. The third-order valence-electron chi connectivity index (χ3n) is 2.79. The average Bonchev–Trinajstić information content (AvgIpc) is 2.78. The predicted molar refractivity (Wildman–Crippen MR) is 64.4 cm³/mol. The Morgan fingerprint density at radius 3 is 2.81 bits per heavy atom. The van der Waals surface area contributed by atoms with Crippen LogP contribution < -0.4 is 0 Å². The maximum atomic E-state index is 12.2. The summed E-state index contributed by atoms with van der Waals surface area (Å²) in [6.45, 7) is 5.44. The second kappa shape index (κ2) is 4.39. The smallest absolute Gasteiger partial charge is 0.255 e. The van der Waals surface area contributed by atoms with Gasteiger partial charge in [0.05, 0.1) is 11.1 Å². The van der Waals surface area contributed by atoms with Gasteiger partial charge in [-0.1, -0.05) is 12.1 Å². The standard InChI is InChI=1S/C13H15N2O/c1-3-15(4-2)13(16)11-7-5-6-10-8-9-14-12(10)11/h5-7,9,14H,3-4H2,1-2H3. The van der Waals surface area contributed by atoms with Gasteiger partial charge in [0.15, 0.2) is 0 Å². The largest absolute Gasteiger partial charge is 0.360 e. The second-order valence-corrected chi connectivity index (χ2v) is 3.64. The molecule has 0 fully saturated rings. The highest BCUT2D eigenvalue weighted by Crippen LogP contribution is 2.17. The lowest BCUT2D eigenvalue weighted by atomic mass is 10.1. The van der Waals surface area contributed by atoms with Crippen LogP contribution in [-0.4, -0.2) is 28.9 Å². The third-order valence-corrected chi connectivity index (χ3v) is 2.79. The number of fused-ring (bicyclic) bond motifs is 1. The number of hydrogen-bond acceptors (Lipinski definition) is 1. The number of hydrogen-bond donors (Lipinski definition) is 1. The van der Waals surface area contributed by atoms with Crippen molar-refractivity contribution in [3.63, 3.8) is 0 Å². The van der Waals surface area contributed by atoms with Crippen LogP contribution in [0.25, 0.3) is 10.9 Å². The van der Waals surface area contributed by atoms with E-state index < -0.39 is 0 Å². The van der Waals surface area contributed by atoms with E-state index in [4.69, 9.17) is 0 Å². The average molecular weight is 215 g/mol. The molecule has 1 heterocycles. The minimum absolute atomic E-state index is 0.0754. The molecule has 0 unspecified atom stereocenters. The number of nitrogens with one attached hydrogen (secondary N) is 1. The quantitative estimate of drug-likeness (QED) is 0.838. The van der Waals surface area contributed by atoms with Crippen molar-refractivity contribution in [3.05, 3.63) is 36.0 Å². The molecule has 1 aromatic carbocycles. The van der Waals surface area contributed by atoms with E-state index in [9.17, 15) is 4.79 Å². The van der Waals surface area contributed by atoms with Gasteiger partial charge in [0.25, 0.3) is 5.91 Å². The van der Waals surface area contributed by atoms with Crippen LogP contribution in [0.4, 0.5) is 0 Å². The van der Waals surface area contributed by atoms with Crippen LogP contribution in [0.15, 0.2) is 24.4 Å². The van der Waals surface area contributed by atoms with Crippen LogP contribution in [0.5, 0.6) is 0 Å². The number of H-pyrrole nitrogens is 1. The summed E-state index contributed by atoms with van der Waals surface area (Å²) < 4.78 is 0. The highest BCUT2D eigenvalue weighted by molar-refractivity contribution is 6.05. The fraction of sp³-hybridized carbons (Fsp3) is 0.308. The van der Waals surface area contributed by atoms with Crippen molar-refractivity contribution < 1.29 is 4.79 Å². The van der Waals surface area contributed by atoms with Crippen molar-refractivity contribution in [2.75, 3.05) is 13.1 Å². The van der Waals surface area contributed by atoms with Gasteiger partial charge in [-0.25, -0.2) is 0 Å². The van der Waals surface area contributed by atoms with E-state index in [1.807, 2.05) is 36.9 Å². The Bertz CT molecular complexity index is 497. The number of para-hydroxylation sites is 1. The Morgan fingerprint density at radius 2 is 2.12 bits per heavy atom. The van der Waals surface area contributed by atoms with Crippen LogP contribution in [0.3, 0.4) is 0 Å². The number of carbonyl (C=O) groups is 1. The van der Waals surface area contributed by atoms with E-state index in [1.165, 1.54) is 0 Å². The van der Waals surface area contributed by atoms with Gasteiger partial charge < -0.3 is 9.88 Å². The van der Waals surface area contributed by atoms with Gasteiger partial charge in [-0.2, -0.15) is 0 Å². The molecule has 83 valence electrons. The number of carbonyl (C=O) groups excluding carboxylic acids is 1. The van der Waals surface area contributed by atoms with Crippen molar-refractivity contribution in [3.8, 4) is 0 Å². The highest BCUT2D eigenvalue weighted by Gasteiger charge is 2.15. The Balaban J connectivity index is 2.46. The maximum absolute atomic E-state index is 12.2. The lowest BCUT2D eigenvalue weighted by Gasteiger charge is -2.18. The van der Waals surface area contributed by atoms with Gasteiger partial charge in [0.1, 0.15) is 0 Å². The third kappa shape index (κ3) is 1.69. The van der Waals surface area contributed by atoms with Crippen LogP contribution in [0, 0.1) is 6.07 Å². The Kier molecular flexibility index (Phi) is 2.95. The summed E-state index contributed by atoms with van der Waals surface area (Å²) in [5.74, 6) is 0.0754. The summed E-state index contributed by atoms with van der Waals surface area (Å²) in [4.78, 5) is 17.1. The zero-order chi connectivity index (χ0) is 11.5. The first-order valence-electron chi connectivity index (χ1n) is 5.55. The number of nitrogens with zero attached hydrogens (tertiary/aromatic N) is 1. The zero-order valence-electron chi connectivity index (χ0n) is 9.58. The molecule has 0 saturated carbocycles. The molecule has 3 nitrogen and oxygen atoms in total.